The lowest BCUT2D eigenvalue weighted by molar-refractivity contribution is -0.137. The topological polar surface area (TPSA) is 86.9 Å². The molecule has 1 heterocycles. The van der Waals surface area contributed by atoms with Crippen molar-refractivity contribution < 1.29 is 23.5 Å². The maximum absolute atomic E-state index is 12.6. The highest BCUT2D eigenvalue weighted by atomic mass is 16.5. The van der Waals surface area contributed by atoms with Crippen LogP contribution in [-0.4, -0.2) is 48.3 Å². The molecule has 0 aliphatic carbocycles. The number of likely N-dealkylation sites (N-methyl/N-ethyl adjacent to an activating group) is 1. The van der Waals surface area contributed by atoms with Crippen molar-refractivity contribution >= 4 is 5.91 Å². The fraction of sp³-hybridized carbons (Fsp3) is 0.286. The quantitative estimate of drug-likeness (QED) is 0.577. The summed E-state index contributed by atoms with van der Waals surface area (Å²) < 4.78 is 21.3. The van der Waals surface area contributed by atoms with Gasteiger partial charge in [0.25, 0.3) is 5.91 Å². The van der Waals surface area contributed by atoms with Crippen LogP contribution in [0.25, 0.3) is 11.4 Å². The summed E-state index contributed by atoms with van der Waals surface area (Å²) in [6, 6.07) is 14.4. The van der Waals surface area contributed by atoms with Crippen LogP contribution in [0.2, 0.25) is 0 Å². The van der Waals surface area contributed by atoms with Crippen LogP contribution < -0.4 is 14.2 Å². The summed E-state index contributed by atoms with van der Waals surface area (Å²) in [6.07, 6.45) is -0.672. The summed E-state index contributed by atoms with van der Waals surface area (Å²) in [7, 11) is 4.84. The number of rotatable bonds is 8. The van der Waals surface area contributed by atoms with E-state index in [2.05, 4.69) is 10.1 Å². The van der Waals surface area contributed by atoms with Crippen LogP contribution >= 0.6 is 0 Å². The monoisotopic (exact) mass is 397 g/mol. The molecule has 0 aliphatic heterocycles. The zero-order valence-corrected chi connectivity index (χ0v) is 16.8. The first-order valence-corrected chi connectivity index (χ1v) is 9.03. The Kier molecular flexibility index (Phi) is 6.33. The number of carbonyl (C=O) groups is 1. The molecule has 0 fully saturated rings. The van der Waals surface area contributed by atoms with Gasteiger partial charge in [-0.25, -0.2) is 0 Å². The van der Waals surface area contributed by atoms with Crippen LogP contribution in [0.3, 0.4) is 0 Å². The van der Waals surface area contributed by atoms with E-state index in [0.29, 0.717) is 23.2 Å². The van der Waals surface area contributed by atoms with Crippen molar-refractivity contribution in [3.8, 4) is 28.6 Å². The van der Waals surface area contributed by atoms with Gasteiger partial charge in [-0.3, -0.25) is 4.79 Å². The Morgan fingerprint density at radius 1 is 1.07 bits per heavy atom. The first-order valence-electron chi connectivity index (χ1n) is 9.03. The standard InChI is InChI=1S/C21H23N3O5/c1-14(28-17-10-8-16(26-3)9-11-17)21(25)24(2)13-19-22-20(23-29-19)15-6-5-7-18(12-15)27-4/h5-12,14H,13H2,1-4H3/t14-/m0/s1. The molecular formula is C21H23N3O5. The third-order valence-electron chi connectivity index (χ3n) is 4.26. The molecule has 0 saturated carbocycles. The predicted octanol–water partition coefficient (Wildman–Crippen LogP) is 3.18. The van der Waals surface area contributed by atoms with Crippen molar-refractivity contribution in [1.29, 1.82) is 0 Å². The van der Waals surface area contributed by atoms with Crippen LogP contribution in [0.5, 0.6) is 17.2 Å². The summed E-state index contributed by atoms with van der Waals surface area (Å²) in [5.41, 5.74) is 0.768. The van der Waals surface area contributed by atoms with Crippen molar-refractivity contribution in [3.63, 3.8) is 0 Å². The number of carbonyl (C=O) groups excluding carboxylic acids is 1. The van der Waals surface area contributed by atoms with Gasteiger partial charge in [0.1, 0.15) is 17.2 Å². The maximum Gasteiger partial charge on any atom is 0.263 e. The highest BCUT2D eigenvalue weighted by Gasteiger charge is 2.21. The molecule has 0 aliphatic rings. The number of ether oxygens (including phenoxy) is 3. The Balaban J connectivity index is 1.60. The Morgan fingerprint density at radius 3 is 2.45 bits per heavy atom. The minimum Gasteiger partial charge on any atom is -0.497 e. The molecule has 8 heteroatoms. The van der Waals surface area contributed by atoms with E-state index >= 15 is 0 Å². The Hall–Kier alpha value is -3.55. The fourth-order valence-electron chi connectivity index (χ4n) is 2.70. The summed E-state index contributed by atoms with van der Waals surface area (Å²) in [4.78, 5) is 18.4. The maximum atomic E-state index is 12.6. The Labute approximate surface area is 169 Å². The van der Waals surface area contributed by atoms with Gasteiger partial charge in [0.2, 0.25) is 11.7 Å². The lowest BCUT2D eigenvalue weighted by Gasteiger charge is -2.20. The Bertz CT molecular complexity index is 955. The normalized spacial score (nSPS) is 11.6. The first-order chi connectivity index (χ1) is 14.0. The van der Waals surface area contributed by atoms with Crippen molar-refractivity contribution in [3.05, 3.63) is 54.4 Å². The van der Waals surface area contributed by atoms with E-state index in [1.54, 1.807) is 52.5 Å². The first kappa shape index (κ1) is 20.2. The van der Waals surface area contributed by atoms with E-state index in [1.165, 1.54) is 4.90 Å². The van der Waals surface area contributed by atoms with Crippen LogP contribution in [0.1, 0.15) is 12.8 Å². The molecule has 0 unspecified atom stereocenters. The second-order valence-corrected chi connectivity index (χ2v) is 6.37. The molecule has 0 saturated heterocycles. The van der Waals surface area contributed by atoms with Crippen molar-refractivity contribution in [2.45, 2.75) is 19.6 Å². The average molecular weight is 397 g/mol. The highest BCUT2D eigenvalue weighted by molar-refractivity contribution is 5.80. The van der Waals surface area contributed by atoms with Gasteiger partial charge >= 0.3 is 0 Å². The minimum absolute atomic E-state index is 0.173. The number of amides is 1. The molecule has 0 spiro atoms. The van der Waals surface area contributed by atoms with Gasteiger partial charge in [-0.05, 0) is 43.3 Å². The predicted molar refractivity (Wildman–Crippen MR) is 106 cm³/mol. The van der Waals surface area contributed by atoms with Crippen molar-refractivity contribution in [2.75, 3.05) is 21.3 Å². The number of hydrogen-bond donors (Lipinski definition) is 0. The summed E-state index contributed by atoms with van der Waals surface area (Å²) in [6.45, 7) is 1.87. The molecule has 0 radical (unpaired) electrons. The third kappa shape index (κ3) is 5.04. The zero-order valence-electron chi connectivity index (χ0n) is 16.8. The number of aromatic nitrogens is 2. The van der Waals surface area contributed by atoms with Crippen LogP contribution in [0.15, 0.2) is 53.1 Å². The second-order valence-electron chi connectivity index (χ2n) is 6.37. The molecule has 1 atom stereocenters. The lowest BCUT2D eigenvalue weighted by Crippen LogP contribution is -2.37. The zero-order chi connectivity index (χ0) is 20.8. The summed E-state index contributed by atoms with van der Waals surface area (Å²) in [5, 5.41) is 3.98. The number of hydrogen-bond acceptors (Lipinski definition) is 7. The molecule has 3 rings (SSSR count). The van der Waals surface area contributed by atoms with Gasteiger partial charge < -0.3 is 23.6 Å². The van der Waals surface area contributed by atoms with Crippen LogP contribution in [-0.2, 0) is 11.3 Å². The highest BCUT2D eigenvalue weighted by Crippen LogP contribution is 2.22. The molecule has 29 heavy (non-hydrogen) atoms. The van der Waals surface area contributed by atoms with E-state index in [1.807, 2.05) is 24.3 Å². The largest absolute Gasteiger partial charge is 0.497 e. The summed E-state index contributed by atoms with van der Waals surface area (Å²) in [5.74, 6) is 2.56. The van der Waals surface area contributed by atoms with Crippen LogP contribution in [0, 0.1) is 0 Å². The van der Waals surface area contributed by atoms with Crippen molar-refractivity contribution in [2.24, 2.45) is 0 Å². The molecule has 0 bridgehead atoms. The SMILES string of the molecule is COc1ccc(O[C@@H](C)C(=O)N(C)Cc2nc(-c3cccc(OC)c3)no2)cc1. The molecule has 2 aromatic carbocycles. The van der Waals surface area contributed by atoms with E-state index in [4.69, 9.17) is 18.7 Å². The van der Waals surface area contributed by atoms with E-state index in [9.17, 15) is 4.79 Å². The van der Waals surface area contributed by atoms with Crippen LogP contribution in [0.4, 0.5) is 0 Å². The molecule has 1 aromatic heterocycles. The smallest absolute Gasteiger partial charge is 0.263 e. The molecule has 3 aromatic rings. The van der Waals surface area contributed by atoms with E-state index in [0.717, 1.165) is 11.3 Å². The molecule has 8 nitrogen and oxygen atoms in total. The van der Waals surface area contributed by atoms with Gasteiger partial charge in [-0.2, -0.15) is 4.98 Å². The molecular weight excluding hydrogens is 374 g/mol. The van der Waals surface area contributed by atoms with Gasteiger partial charge in [-0.15, -0.1) is 0 Å². The van der Waals surface area contributed by atoms with E-state index < -0.39 is 6.10 Å². The number of benzene rings is 2. The van der Waals surface area contributed by atoms with E-state index in [-0.39, 0.29) is 12.5 Å². The number of methoxy groups -OCH3 is 2. The van der Waals surface area contributed by atoms with Crippen molar-refractivity contribution in [1.82, 2.24) is 15.0 Å². The Morgan fingerprint density at radius 2 is 1.76 bits per heavy atom. The molecule has 0 N–H and O–H groups in total. The second kappa shape index (κ2) is 9.09. The number of nitrogens with zero attached hydrogens (tertiary/aromatic N) is 3. The lowest BCUT2D eigenvalue weighted by atomic mass is 10.2. The van der Waals surface area contributed by atoms with Gasteiger partial charge in [0.05, 0.1) is 20.8 Å². The van der Waals surface area contributed by atoms with Gasteiger partial charge in [0.15, 0.2) is 6.10 Å². The van der Waals surface area contributed by atoms with Gasteiger partial charge in [0, 0.05) is 12.6 Å². The minimum atomic E-state index is -0.672. The average Bonchev–Trinajstić information content (AvgIpc) is 3.22. The summed E-state index contributed by atoms with van der Waals surface area (Å²) >= 11 is 0. The third-order valence-corrected chi connectivity index (χ3v) is 4.26. The fourth-order valence-corrected chi connectivity index (χ4v) is 2.70. The molecule has 1 amide bonds. The van der Waals surface area contributed by atoms with Gasteiger partial charge in [-0.1, -0.05) is 17.3 Å². The molecule has 152 valence electrons.